The number of H-pyrrole nitrogens is 1. The summed E-state index contributed by atoms with van der Waals surface area (Å²) in [6.45, 7) is 2.51. The first kappa shape index (κ1) is 20.6. The van der Waals surface area contributed by atoms with Gasteiger partial charge in [-0.05, 0) is 62.2 Å². The Labute approximate surface area is 170 Å². The van der Waals surface area contributed by atoms with Crippen molar-refractivity contribution in [3.8, 4) is 5.75 Å². The van der Waals surface area contributed by atoms with E-state index in [-0.39, 0.29) is 24.5 Å². The fraction of sp³-hybridized carbons (Fsp3) is 0.500. The third-order valence-corrected chi connectivity index (χ3v) is 5.75. The monoisotopic (exact) mass is 426 g/mol. The van der Waals surface area contributed by atoms with Gasteiger partial charge in [-0.15, -0.1) is 0 Å². The highest BCUT2D eigenvalue weighted by Gasteiger charge is 2.39. The topological polar surface area (TPSA) is 61.5 Å². The molecular weight excluding hydrogens is 404 g/mol. The maximum atomic E-state index is 14.5. The molecule has 2 aliphatic heterocycles. The van der Waals surface area contributed by atoms with Crippen LogP contribution in [0.4, 0.5) is 23.2 Å². The predicted molar refractivity (Wildman–Crippen MR) is 102 cm³/mol. The average molecular weight is 426 g/mol. The lowest BCUT2D eigenvalue weighted by atomic mass is 9.98. The van der Waals surface area contributed by atoms with Gasteiger partial charge >= 0.3 is 6.18 Å². The summed E-state index contributed by atoms with van der Waals surface area (Å²) in [7, 11) is 2.06. The first-order valence-corrected chi connectivity index (χ1v) is 9.75. The zero-order valence-corrected chi connectivity index (χ0v) is 16.4. The fourth-order valence-corrected chi connectivity index (χ4v) is 4.02. The van der Waals surface area contributed by atoms with E-state index >= 15 is 0 Å². The van der Waals surface area contributed by atoms with E-state index in [0.717, 1.165) is 32.1 Å². The number of likely N-dealkylation sites (tertiary alicyclic amines) is 1. The third-order valence-electron chi connectivity index (χ3n) is 5.75. The minimum absolute atomic E-state index is 0.0513. The summed E-state index contributed by atoms with van der Waals surface area (Å²) in [5.41, 5.74) is -1.69. The van der Waals surface area contributed by atoms with E-state index < -0.39 is 23.1 Å². The van der Waals surface area contributed by atoms with Crippen LogP contribution in [0.15, 0.2) is 23.1 Å². The number of rotatable bonds is 4. The van der Waals surface area contributed by atoms with Crippen molar-refractivity contribution in [1.82, 2.24) is 15.1 Å². The smallest absolute Gasteiger partial charge is 0.423 e. The highest BCUT2D eigenvalue weighted by Crippen LogP contribution is 2.38. The van der Waals surface area contributed by atoms with Crippen LogP contribution in [0.3, 0.4) is 0 Å². The van der Waals surface area contributed by atoms with E-state index in [9.17, 15) is 22.4 Å². The van der Waals surface area contributed by atoms with Crippen molar-refractivity contribution in [3.05, 3.63) is 51.2 Å². The van der Waals surface area contributed by atoms with E-state index in [1.54, 1.807) is 6.07 Å². The Hall–Kier alpha value is -2.62. The van der Waals surface area contributed by atoms with Crippen LogP contribution in [0.25, 0.3) is 0 Å². The minimum Gasteiger partial charge on any atom is -0.490 e. The molecule has 3 heterocycles. The molecule has 30 heavy (non-hydrogen) atoms. The quantitative estimate of drug-likeness (QED) is 0.762. The second kappa shape index (κ2) is 7.90. The van der Waals surface area contributed by atoms with Crippen LogP contribution in [-0.2, 0) is 19.3 Å². The average Bonchev–Trinajstić information content (AvgIpc) is 3.09. The maximum absolute atomic E-state index is 14.5. The highest BCUT2D eigenvalue weighted by atomic mass is 19.4. The largest absolute Gasteiger partial charge is 0.490 e. The summed E-state index contributed by atoms with van der Waals surface area (Å²) in [5, 5.41) is 5.33. The SMILES string of the molecule is CN1CCC(COc2cc3c(cc2F)CN(c2cn[nH]c(=O)c2C(F)(F)F)C3)CC1. The van der Waals surface area contributed by atoms with Crippen molar-refractivity contribution in [1.29, 1.82) is 0 Å². The molecule has 1 fully saturated rings. The van der Waals surface area contributed by atoms with Crippen LogP contribution in [0, 0.1) is 11.7 Å². The van der Waals surface area contributed by atoms with Crippen molar-refractivity contribution < 1.29 is 22.3 Å². The van der Waals surface area contributed by atoms with Crippen LogP contribution in [0.2, 0.25) is 0 Å². The molecule has 0 spiro atoms. The fourth-order valence-electron chi connectivity index (χ4n) is 4.02. The molecular formula is C20H22F4N4O2. The summed E-state index contributed by atoms with van der Waals surface area (Å²) >= 11 is 0. The number of aromatic amines is 1. The molecule has 0 bridgehead atoms. The second-order valence-corrected chi connectivity index (χ2v) is 7.92. The van der Waals surface area contributed by atoms with Gasteiger partial charge in [-0.2, -0.15) is 18.3 Å². The molecule has 6 nitrogen and oxygen atoms in total. The molecule has 0 amide bonds. The zero-order valence-electron chi connectivity index (χ0n) is 16.4. The Kier molecular flexibility index (Phi) is 5.44. The zero-order chi connectivity index (χ0) is 21.5. The number of aromatic nitrogens is 2. The summed E-state index contributed by atoms with van der Waals surface area (Å²) in [6, 6.07) is 2.85. The highest BCUT2D eigenvalue weighted by molar-refractivity contribution is 5.57. The Balaban J connectivity index is 1.52. The number of nitrogens with one attached hydrogen (secondary N) is 1. The molecule has 1 aromatic heterocycles. The summed E-state index contributed by atoms with van der Waals surface area (Å²) in [4.78, 5) is 15.3. The third kappa shape index (κ3) is 4.14. The number of hydrogen-bond acceptors (Lipinski definition) is 5. The van der Waals surface area contributed by atoms with Crippen LogP contribution in [-0.4, -0.2) is 41.8 Å². The second-order valence-electron chi connectivity index (χ2n) is 7.92. The lowest BCUT2D eigenvalue weighted by Gasteiger charge is -2.28. The van der Waals surface area contributed by atoms with Gasteiger partial charge in [-0.25, -0.2) is 9.49 Å². The number of halogens is 4. The van der Waals surface area contributed by atoms with Gasteiger partial charge in [0.2, 0.25) is 0 Å². The standard InChI is InChI=1S/C20H22F4N4O2/c1-27-4-2-12(3-5-27)11-30-17-7-14-10-28(9-13(14)6-15(17)21)16-8-25-26-19(29)18(16)20(22,23)24/h6-8,12H,2-5,9-11H2,1H3,(H,26,29). The molecule has 1 saturated heterocycles. The van der Waals surface area contributed by atoms with Crippen molar-refractivity contribution in [2.24, 2.45) is 5.92 Å². The molecule has 162 valence electrons. The summed E-state index contributed by atoms with van der Waals surface area (Å²) in [5.74, 6) is -0.0833. The van der Waals surface area contributed by atoms with Gasteiger partial charge in [-0.1, -0.05) is 0 Å². The van der Waals surface area contributed by atoms with Crippen molar-refractivity contribution in [2.75, 3.05) is 31.6 Å². The van der Waals surface area contributed by atoms with E-state index in [1.807, 2.05) is 5.10 Å². The molecule has 2 aliphatic rings. The number of alkyl halides is 3. The molecule has 0 radical (unpaired) electrons. The van der Waals surface area contributed by atoms with Crippen LogP contribution >= 0.6 is 0 Å². The Morgan fingerprint density at radius 3 is 2.53 bits per heavy atom. The van der Waals surface area contributed by atoms with Gasteiger partial charge < -0.3 is 14.5 Å². The lowest BCUT2D eigenvalue weighted by Crippen LogP contribution is -2.32. The van der Waals surface area contributed by atoms with Gasteiger partial charge in [0.25, 0.3) is 5.56 Å². The minimum atomic E-state index is -4.83. The van der Waals surface area contributed by atoms with Gasteiger partial charge in [0.1, 0.15) is 5.56 Å². The maximum Gasteiger partial charge on any atom is 0.423 e. The van der Waals surface area contributed by atoms with E-state index in [0.29, 0.717) is 23.7 Å². The van der Waals surface area contributed by atoms with Gasteiger partial charge in [-0.3, -0.25) is 4.79 Å². The van der Waals surface area contributed by atoms with E-state index in [2.05, 4.69) is 17.0 Å². The number of fused-ring (bicyclic) bond motifs is 1. The van der Waals surface area contributed by atoms with Gasteiger partial charge in [0.15, 0.2) is 11.6 Å². The molecule has 0 aliphatic carbocycles. The Morgan fingerprint density at radius 2 is 1.87 bits per heavy atom. The number of benzene rings is 1. The number of hydrogen-bond donors (Lipinski definition) is 1. The first-order chi connectivity index (χ1) is 14.2. The van der Waals surface area contributed by atoms with Crippen LogP contribution in [0.5, 0.6) is 5.75 Å². The van der Waals surface area contributed by atoms with Crippen LogP contribution < -0.4 is 15.2 Å². The molecule has 2 aromatic rings. The molecule has 10 heteroatoms. The van der Waals surface area contributed by atoms with Gasteiger partial charge in [0.05, 0.1) is 18.5 Å². The van der Waals surface area contributed by atoms with Crippen LogP contribution in [0.1, 0.15) is 29.5 Å². The van der Waals surface area contributed by atoms with Crippen molar-refractivity contribution in [3.63, 3.8) is 0 Å². The number of anilines is 1. The Morgan fingerprint density at radius 1 is 1.20 bits per heavy atom. The van der Waals surface area contributed by atoms with Gasteiger partial charge in [0, 0.05) is 13.1 Å². The number of piperidine rings is 1. The Bertz CT molecular complexity index is 984. The predicted octanol–water partition coefficient (Wildman–Crippen LogP) is 3.17. The van der Waals surface area contributed by atoms with Crippen molar-refractivity contribution in [2.45, 2.75) is 32.1 Å². The first-order valence-electron chi connectivity index (χ1n) is 9.75. The molecule has 0 unspecified atom stereocenters. The van der Waals surface area contributed by atoms with Crippen molar-refractivity contribution >= 4 is 5.69 Å². The number of ether oxygens (including phenoxy) is 1. The molecule has 1 aromatic carbocycles. The lowest BCUT2D eigenvalue weighted by molar-refractivity contribution is -0.138. The molecule has 0 saturated carbocycles. The summed E-state index contributed by atoms with van der Waals surface area (Å²) < 4.78 is 60.3. The van der Waals surface area contributed by atoms with E-state index in [1.165, 1.54) is 11.0 Å². The summed E-state index contributed by atoms with van der Waals surface area (Å²) in [6.07, 6.45) is -1.89. The molecule has 0 atom stereocenters. The number of nitrogens with zero attached hydrogens (tertiary/aromatic N) is 3. The molecule has 4 rings (SSSR count). The molecule has 1 N–H and O–H groups in total. The van der Waals surface area contributed by atoms with E-state index in [4.69, 9.17) is 4.74 Å². The normalized spacial score (nSPS) is 18.0.